The van der Waals surface area contributed by atoms with Gasteiger partial charge in [0.2, 0.25) is 0 Å². The summed E-state index contributed by atoms with van der Waals surface area (Å²) in [5, 5.41) is 3.92. The van der Waals surface area contributed by atoms with Crippen LogP contribution < -0.4 is 5.32 Å². The van der Waals surface area contributed by atoms with E-state index in [2.05, 4.69) is 42.9 Å². The second-order valence-corrected chi connectivity index (χ2v) is 7.54. The molecule has 1 N–H and O–H groups in total. The van der Waals surface area contributed by atoms with Crippen LogP contribution in [0.2, 0.25) is 0 Å². The van der Waals surface area contributed by atoms with Gasteiger partial charge in [0.1, 0.15) is 0 Å². The fourth-order valence-corrected chi connectivity index (χ4v) is 3.87. The maximum absolute atomic E-state index is 3.92. The molecule has 1 aliphatic heterocycles. The molecule has 0 aromatic rings. The lowest BCUT2D eigenvalue weighted by Gasteiger charge is -2.44. The van der Waals surface area contributed by atoms with Crippen molar-refractivity contribution < 1.29 is 0 Å². The van der Waals surface area contributed by atoms with Crippen LogP contribution in [0.4, 0.5) is 0 Å². The Morgan fingerprint density at radius 3 is 2.35 bits per heavy atom. The van der Waals surface area contributed by atoms with Crippen molar-refractivity contribution >= 4 is 0 Å². The SMILES string of the molecule is CCC1CCCCC1NCC(C)(C)N1CCN(C)CC1. The first-order chi connectivity index (χ1) is 9.53. The van der Waals surface area contributed by atoms with Crippen molar-refractivity contribution in [1.29, 1.82) is 0 Å². The fraction of sp³-hybridized carbons (Fsp3) is 1.00. The zero-order valence-electron chi connectivity index (χ0n) is 14.1. The summed E-state index contributed by atoms with van der Waals surface area (Å²) in [7, 11) is 2.23. The van der Waals surface area contributed by atoms with Gasteiger partial charge in [-0.1, -0.05) is 26.2 Å². The molecule has 0 radical (unpaired) electrons. The summed E-state index contributed by atoms with van der Waals surface area (Å²) in [5.41, 5.74) is 0.289. The molecule has 0 amide bonds. The van der Waals surface area contributed by atoms with Crippen LogP contribution in [0.15, 0.2) is 0 Å². The molecule has 0 aromatic carbocycles. The van der Waals surface area contributed by atoms with Crippen LogP contribution in [0.1, 0.15) is 52.9 Å². The van der Waals surface area contributed by atoms with Crippen molar-refractivity contribution in [1.82, 2.24) is 15.1 Å². The van der Waals surface area contributed by atoms with Gasteiger partial charge in [0.05, 0.1) is 0 Å². The zero-order valence-corrected chi connectivity index (χ0v) is 14.1. The first-order valence-corrected chi connectivity index (χ1v) is 8.70. The summed E-state index contributed by atoms with van der Waals surface area (Å²) in [5.74, 6) is 0.909. The second kappa shape index (κ2) is 7.24. The molecule has 1 saturated carbocycles. The van der Waals surface area contributed by atoms with E-state index in [1.807, 2.05) is 0 Å². The normalized spacial score (nSPS) is 30.6. The van der Waals surface area contributed by atoms with Gasteiger partial charge in [-0.05, 0) is 39.7 Å². The minimum absolute atomic E-state index is 0.289. The van der Waals surface area contributed by atoms with Crippen molar-refractivity contribution in [3.05, 3.63) is 0 Å². The summed E-state index contributed by atoms with van der Waals surface area (Å²) in [6.45, 7) is 13.2. The molecule has 2 unspecified atom stereocenters. The highest BCUT2D eigenvalue weighted by Gasteiger charge is 2.31. The third-order valence-electron chi connectivity index (χ3n) is 5.59. The Morgan fingerprint density at radius 1 is 1.05 bits per heavy atom. The number of hydrogen-bond donors (Lipinski definition) is 1. The molecule has 1 aliphatic carbocycles. The molecule has 3 heteroatoms. The summed E-state index contributed by atoms with van der Waals surface area (Å²) in [6, 6.07) is 0.764. The summed E-state index contributed by atoms with van der Waals surface area (Å²) in [6.07, 6.45) is 7.02. The van der Waals surface area contributed by atoms with Crippen LogP contribution in [0, 0.1) is 5.92 Å². The highest BCUT2D eigenvalue weighted by atomic mass is 15.3. The zero-order chi connectivity index (χ0) is 14.6. The smallest absolute Gasteiger partial charge is 0.0278 e. The van der Waals surface area contributed by atoms with E-state index in [0.29, 0.717) is 0 Å². The molecule has 2 aliphatic rings. The Morgan fingerprint density at radius 2 is 1.70 bits per heavy atom. The van der Waals surface area contributed by atoms with E-state index in [0.717, 1.165) is 18.5 Å². The molecule has 1 heterocycles. The quantitative estimate of drug-likeness (QED) is 0.835. The van der Waals surface area contributed by atoms with Crippen LogP contribution in [0.5, 0.6) is 0 Å². The van der Waals surface area contributed by atoms with E-state index in [1.165, 1.54) is 58.3 Å². The predicted molar refractivity (Wildman–Crippen MR) is 87.2 cm³/mol. The lowest BCUT2D eigenvalue weighted by Crippen LogP contribution is -2.58. The summed E-state index contributed by atoms with van der Waals surface area (Å²) < 4.78 is 0. The van der Waals surface area contributed by atoms with E-state index in [4.69, 9.17) is 0 Å². The molecule has 3 nitrogen and oxygen atoms in total. The van der Waals surface area contributed by atoms with Gasteiger partial charge in [-0.15, -0.1) is 0 Å². The number of hydrogen-bond acceptors (Lipinski definition) is 3. The van der Waals surface area contributed by atoms with Gasteiger partial charge >= 0.3 is 0 Å². The van der Waals surface area contributed by atoms with Crippen LogP contribution in [-0.2, 0) is 0 Å². The third kappa shape index (κ3) is 4.19. The molecular weight excluding hydrogens is 246 g/mol. The molecule has 2 atom stereocenters. The van der Waals surface area contributed by atoms with Crippen LogP contribution >= 0.6 is 0 Å². The first-order valence-electron chi connectivity index (χ1n) is 8.70. The third-order valence-corrected chi connectivity index (χ3v) is 5.59. The Balaban J connectivity index is 1.81. The highest BCUT2D eigenvalue weighted by Crippen LogP contribution is 2.27. The summed E-state index contributed by atoms with van der Waals surface area (Å²) >= 11 is 0. The number of piperazine rings is 1. The van der Waals surface area contributed by atoms with Crippen molar-refractivity contribution in [3.63, 3.8) is 0 Å². The first kappa shape index (κ1) is 16.3. The second-order valence-electron chi connectivity index (χ2n) is 7.54. The molecule has 20 heavy (non-hydrogen) atoms. The topological polar surface area (TPSA) is 18.5 Å². The van der Waals surface area contributed by atoms with E-state index < -0.39 is 0 Å². The predicted octanol–water partition coefficient (Wildman–Crippen LogP) is 2.57. The van der Waals surface area contributed by atoms with Gasteiger partial charge in [-0.3, -0.25) is 4.90 Å². The molecule has 0 bridgehead atoms. The minimum atomic E-state index is 0.289. The lowest BCUT2D eigenvalue weighted by molar-refractivity contribution is 0.0569. The molecular formula is C17H35N3. The van der Waals surface area contributed by atoms with Crippen molar-refractivity contribution in [2.45, 2.75) is 64.5 Å². The number of rotatable bonds is 5. The van der Waals surface area contributed by atoms with Crippen molar-refractivity contribution in [2.24, 2.45) is 5.92 Å². The number of likely N-dealkylation sites (N-methyl/N-ethyl adjacent to an activating group) is 1. The lowest BCUT2D eigenvalue weighted by atomic mass is 9.82. The van der Waals surface area contributed by atoms with Gasteiger partial charge in [0.15, 0.2) is 0 Å². The highest BCUT2D eigenvalue weighted by molar-refractivity contribution is 4.90. The Bertz CT molecular complexity index is 282. The van der Waals surface area contributed by atoms with Gasteiger partial charge in [-0.25, -0.2) is 0 Å². The fourth-order valence-electron chi connectivity index (χ4n) is 3.87. The largest absolute Gasteiger partial charge is 0.312 e. The number of nitrogens with one attached hydrogen (secondary N) is 1. The Kier molecular flexibility index (Phi) is 5.88. The molecule has 0 aromatic heterocycles. The van der Waals surface area contributed by atoms with Crippen molar-refractivity contribution in [2.75, 3.05) is 39.8 Å². The van der Waals surface area contributed by atoms with Gasteiger partial charge in [-0.2, -0.15) is 0 Å². The summed E-state index contributed by atoms with van der Waals surface area (Å²) in [4.78, 5) is 5.11. The van der Waals surface area contributed by atoms with E-state index in [9.17, 15) is 0 Å². The molecule has 2 rings (SSSR count). The van der Waals surface area contributed by atoms with E-state index in [-0.39, 0.29) is 5.54 Å². The van der Waals surface area contributed by atoms with Crippen LogP contribution in [0.3, 0.4) is 0 Å². The maximum Gasteiger partial charge on any atom is 0.0278 e. The van der Waals surface area contributed by atoms with Gasteiger partial charge < -0.3 is 10.2 Å². The maximum atomic E-state index is 3.92. The van der Waals surface area contributed by atoms with Crippen LogP contribution in [-0.4, -0.2) is 61.2 Å². The Labute approximate surface area is 126 Å². The van der Waals surface area contributed by atoms with Gasteiger partial charge in [0, 0.05) is 44.3 Å². The van der Waals surface area contributed by atoms with E-state index in [1.54, 1.807) is 0 Å². The minimum Gasteiger partial charge on any atom is -0.312 e. The number of nitrogens with zero attached hydrogens (tertiary/aromatic N) is 2. The monoisotopic (exact) mass is 281 g/mol. The van der Waals surface area contributed by atoms with Gasteiger partial charge in [0.25, 0.3) is 0 Å². The molecule has 1 saturated heterocycles. The van der Waals surface area contributed by atoms with E-state index >= 15 is 0 Å². The average molecular weight is 281 g/mol. The van der Waals surface area contributed by atoms with Crippen molar-refractivity contribution in [3.8, 4) is 0 Å². The molecule has 2 fully saturated rings. The Hall–Kier alpha value is -0.120. The standard InChI is InChI=1S/C17H35N3/c1-5-15-8-6-7-9-16(15)18-14-17(2,3)20-12-10-19(4)11-13-20/h15-16,18H,5-14H2,1-4H3. The van der Waals surface area contributed by atoms with Crippen LogP contribution in [0.25, 0.3) is 0 Å². The molecule has 118 valence electrons. The average Bonchev–Trinajstić information content (AvgIpc) is 2.46. The molecule has 0 spiro atoms.